The summed E-state index contributed by atoms with van der Waals surface area (Å²) in [7, 11) is 2.57. The lowest BCUT2D eigenvalue weighted by Crippen LogP contribution is -2.57. The number of hydrogen-bond acceptors (Lipinski definition) is 5. The molecular formula is C16H27N5O2S. The van der Waals surface area contributed by atoms with Gasteiger partial charge in [-0.2, -0.15) is 0 Å². The van der Waals surface area contributed by atoms with Gasteiger partial charge in [-0.1, -0.05) is 6.07 Å². The zero-order valence-electron chi connectivity index (χ0n) is 15.1. The van der Waals surface area contributed by atoms with Crippen LogP contribution in [0.2, 0.25) is 0 Å². The summed E-state index contributed by atoms with van der Waals surface area (Å²) in [6.07, 6.45) is 1.77. The molecule has 1 N–H and O–H groups in total. The Morgan fingerprint density at radius 2 is 2.17 bits per heavy atom. The summed E-state index contributed by atoms with van der Waals surface area (Å²) in [6.45, 7) is 5.01. The van der Waals surface area contributed by atoms with Crippen LogP contribution in [0.5, 0.6) is 0 Å². The molecule has 2 rings (SSSR count). The van der Waals surface area contributed by atoms with E-state index in [1.165, 1.54) is 0 Å². The van der Waals surface area contributed by atoms with Gasteiger partial charge in [0.25, 0.3) is 0 Å². The van der Waals surface area contributed by atoms with Crippen LogP contribution in [0.3, 0.4) is 0 Å². The molecule has 0 spiro atoms. The van der Waals surface area contributed by atoms with Crippen molar-refractivity contribution in [2.75, 3.05) is 44.9 Å². The van der Waals surface area contributed by atoms with Gasteiger partial charge in [-0.05, 0) is 19.9 Å². The van der Waals surface area contributed by atoms with E-state index in [0.717, 1.165) is 11.4 Å². The molecular weight excluding hydrogens is 326 g/mol. The molecule has 0 amide bonds. The van der Waals surface area contributed by atoms with Crippen molar-refractivity contribution in [3.63, 3.8) is 0 Å². The Labute approximate surface area is 144 Å². The molecule has 1 aliphatic rings. The second kappa shape index (κ2) is 6.96. The molecule has 134 valence electrons. The van der Waals surface area contributed by atoms with E-state index in [1.807, 2.05) is 36.0 Å². The predicted octanol–water partition coefficient (Wildman–Crippen LogP) is 0.732. The van der Waals surface area contributed by atoms with Crippen LogP contribution in [-0.4, -0.2) is 69.0 Å². The minimum absolute atomic E-state index is 0.149. The standard InChI is InChI=1S/C16H27N5O2S/c1-16(2)12-21(9-10-24(16,22)23)15(17-3)19-11-13-7-6-8-18-14(13)20(4)5/h6-8H,9-12H2,1-5H3,(H,17,19). The monoisotopic (exact) mass is 353 g/mol. The molecule has 1 aromatic rings. The number of hydrogen-bond donors (Lipinski definition) is 1. The second-order valence-corrected chi connectivity index (χ2v) is 9.52. The molecule has 8 heteroatoms. The molecule has 0 aromatic carbocycles. The van der Waals surface area contributed by atoms with E-state index < -0.39 is 14.6 Å². The Morgan fingerprint density at radius 3 is 2.75 bits per heavy atom. The van der Waals surface area contributed by atoms with Crippen molar-refractivity contribution in [3.05, 3.63) is 23.9 Å². The van der Waals surface area contributed by atoms with Gasteiger partial charge >= 0.3 is 0 Å². The normalized spacial score (nSPS) is 19.9. The first kappa shape index (κ1) is 18.5. The number of sulfone groups is 1. The lowest BCUT2D eigenvalue weighted by Gasteiger charge is -2.39. The average molecular weight is 353 g/mol. The zero-order chi connectivity index (χ0) is 18.0. The van der Waals surface area contributed by atoms with Crippen molar-refractivity contribution in [3.8, 4) is 0 Å². The van der Waals surface area contributed by atoms with Crippen LogP contribution in [0.25, 0.3) is 0 Å². The molecule has 1 saturated heterocycles. The van der Waals surface area contributed by atoms with Crippen LogP contribution >= 0.6 is 0 Å². The maximum atomic E-state index is 12.2. The molecule has 1 fully saturated rings. The second-order valence-electron chi connectivity index (χ2n) is 6.78. The van der Waals surface area contributed by atoms with Gasteiger partial charge in [0.2, 0.25) is 0 Å². The van der Waals surface area contributed by atoms with Gasteiger partial charge in [0, 0.05) is 52.5 Å². The van der Waals surface area contributed by atoms with E-state index in [4.69, 9.17) is 0 Å². The highest BCUT2D eigenvalue weighted by atomic mass is 32.2. The Hall–Kier alpha value is -1.83. The van der Waals surface area contributed by atoms with Crippen molar-refractivity contribution in [2.45, 2.75) is 25.1 Å². The summed E-state index contributed by atoms with van der Waals surface area (Å²) >= 11 is 0. The van der Waals surface area contributed by atoms with Crippen molar-refractivity contribution in [1.29, 1.82) is 0 Å². The van der Waals surface area contributed by atoms with Crippen LogP contribution < -0.4 is 10.2 Å². The van der Waals surface area contributed by atoms with E-state index in [9.17, 15) is 8.42 Å². The molecule has 1 aliphatic heterocycles. The first-order valence-corrected chi connectivity index (χ1v) is 9.62. The molecule has 1 aromatic heterocycles. The van der Waals surface area contributed by atoms with Crippen molar-refractivity contribution >= 4 is 21.6 Å². The van der Waals surface area contributed by atoms with Crippen LogP contribution in [-0.2, 0) is 16.4 Å². The highest BCUT2D eigenvalue weighted by molar-refractivity contribution is 7.92. The van der Waals surface area contributed by atoms with Crippen LogP contribution in [0.1, 0.15) is 19.4 Å². The van der Waals surface area contributed by atoms with Crippen molar-refractivity contribution in [2.24, 2.45) is 4.99 Å². The zero-order valence-corrected chi connectivity index (χ0v) is 15.9. The maximum absolute atomic E-state index is 12.2. The van der Waals surface area contributed by atoms with E-state index in [1.54, 1.807) is 27.1 Å². The predicted molar refractivity (Wildman–Crippen MR) is 98.2 cm³/mol. The number of nitrogens with zero attached hydrogens (tertiary/aromatic N) is 4. The highest BCUT2D eigenvalue weighted by Gasteiger charge is 2.40. The van der Waals surface area contributed by atoms with Crippen molar-refractivity contribution < 1.29 is 8.42 Å². The lowest BCUT2D eigenvalue weighted by molar-refractivity contribution is 0.353. The number of guanidine groups is 1. The summed E-state index contributed by atoms with van der Waals surface area (Å²) in [5.74, 6) is 1.77. The molecule has 0 radical (unpaired) electrons. The van der Waals surface area contributed by atoms with E-state index in [-0.39, 0.29) is 5.75 Å². The first-order chi connectivity index (χ1) is 11.2. The Kier molecular flexibility index (Phi) is 5.37. The van der Waals surface area contributed by atoms with Gasteiger partial charge in [-0.25, -0.2) is 13.4 Å². The average Bonchev–Trinajstić information content (AvgIpc) is 2.51. The third-order valence-electron chi connectivity index (χ3n) is 4.28. The van der Waals surface area contributed by atoms with Crippen LogP contribution in [0.15, 0.2) is 23.3 Å². The van der Waals surface area contributed by atoms with Gasteiger partial charge in [-0.3, -0.25) is 4.99 Å². The number of nitrogens with one attached hydrogen (secondary N) is 1. The quantitative estimate of drug-likeness (QED) is 0.638. The van der Waals surface area contributed by atoms with Gasteiger partial charge in [0.15, 0.2) is 15.8 Å². The maximum Gasteiger partial charge on any atom is 0.193 e. The van der Waals surface area contributed by atoms with Gasteiger partial charge in [0.05, 0.1) is 10.5 Å². The third kappa shape index (κ3) is 3.80. The fraction of sp³-hybridized carbons (Fsp3) is 0.625. The summed E-state index contributed by atoms with van der Waals surface area (Å²) in [6, 6.07) is 3.93. The number of aromatic nitrogens is 1. The van der Waals surface area contributed by atoms with E-state index in [0.29, 0.717) is 25.6 Å². The minimum Gasteiger partial charge on any atom is -0.362 e. The number of aliphatic imine (C=N–C) groups is 1. The minimum atomic E-state index is -3.06. The largest absolute Gasteiger partial charge is 0.362 e. The van der Waals surface area contributed by atoms with Gasteiger partial charge in [-0.15, -0.1) is 0 Å². The SMILES string of the molecule is CN=C(NCc1cccnc1N(C)C)N1CCS(=O)(=O)C(C)(C)C1. The van der Waals surface area contributed by atoms with E-state index >= 15 is 0 Å². The summed E-state index contributed by atoms with van der Waals surface area (Å²) in [5, 5.41) is 3.33. The summed E-state index contributed by atoms with van der Waals surface area (Å²) in [4.78, 5) is 12.7. The molecule has 2 heterocycles. The van der Waals surface area contributed by atoms with Crippen molar-refractivity contribution in [1.82, 2.24) is 15.2 Å². The lowest BCUT2D eigenvalue weighted by atomic mass is 10.2. The molecule has 24 heavy (non-hydrogen) atoms. The fourth-order valence-electron chi connectivity index (χ4n) is 2.80. The van der Waals surface area contributed by atoms with Crippen LogP contribution in [0, 0.1) is 0 Å². The first-order valence-electron chi connectivity index (χ1n) is 7.97. The Morgan fingerprint density at radius 1 is 1.46 bits per heavy atom. The molecule has 0 atom stereocenters. The number of pyridine rings is 1. The summed E-state index contributed by atoms with van der Waals surface area (Å²) < 4.78 is 23.5. The fourth-order valence-corrected chi connectivity index (χ4v) is 4.17. The summed E-state index contributed by atoms with van der Waals surface area (Å²) in [5.41, 5.74) is 1.06. The number of anilines is 1. The van der Waals surface area contributed by atoms with E-state index in [2.05, 4.69) is 15.3 Å². The van der Waals surface area contributed by atoms with Gasteiger partial charge in [0.1, 0.15) is 5.82 Å². The molecule has 0 aliphatic carbocycles. The third-order valence-corrected chi connectivity index (χ3v) is 6.82. The number of rotatable bonds is 3. The molecule has 0 saturated carbocycles. The Bertz CT molecular complexity index is 713. The van der Waals surface area contributed by atoms with Gasteiger partial charge < -0.3 is 15.1 Å². The van der Waals surface area contributed by atoms with Crippen LogP contribution in [0.4, 0.5) is 5.82 Å². The molecule has 7 nitrogen and oxygen atoms in total. The highest BCUT2D eigenvalue weighted by Crippen LogP contribution is 2.24. The molecule has 0 unspecified atom stereocenters. The molecule has 0 bridgehead atoms. The Balaban J connectivity index is 2.10. The topological polar surface area (TPSA) is 77.9 Å². The smallest absolute Gasteiger partial charge is 0.193 e.